The molecule has 5 heteroatoms. The maximum absolute atomic E-state index is 6.16. The zero-order valence-corrected chi connectivity index (χ0v) is 11.0. The Bertz CT molecular complexity index is 567. The molecule has 1 aromatic heterocycles. The molecule has 1 heterocycles. The molecule has 84 valence electrons. The van der Waals surface area contributed by atoms with Crippen LogP contribution in [0.3, 0.4) is 0 Å². The van der Waals surface area contributed by atoms with Gasteiger partial charge in [0.2, 0.25) is 0 Å². The Balaban J connectivity index is 2.99. The molecule has 0 aliphatic heterocycles. The van der Waals surface area contributed by atoms with E-state index in [1.807, 2.05) is 20.0 Å². The van der Waals surface area contributed by atoms with Crippen molar-refractivity contribution in [1.82, 2.24) is 4.98 Å². The van der Waals surface area contributed by atoms with Gasteiger partial charge in [0.1, 0.15) is 0 Å². The van der Waals surface area contributed by atoms with Gasteiger partial charge in [0.05, 0.1) is 20.6 Å². The van der Waals surface area contributed by atoms with Crippen molar-refractivity contribution in [1.29, 1.82) is 0 Å². The number of hydrogen-bond donors (Lipinski definition) is 1. The lowest BCUT2D eigenvalue weighted by atomic mass is 10.1. The molecule has 16 heavy (non-hydrogen) atoms. The van der Waals surface area contributed by atoms with Gasteiger partial charge in [0, 0.05) is 23.8 Å². The quantitative estimate of drug-likeness (QED) is 0.773. The second-order valence-corrected chi connectivity index (χ2v) is 4.63. The summed E-state index contributed by atoms with van der Waals surface area (Å²) in [5, 5.41) is 5.23. The molecule has 0 spiro atoms. The van der Waals surface area contributed by atoms with E-state index in [4.69, 9.17) is 34.8 Å². The molecule has 0 radical (unpaired) electrons. The fourth-order valence-electron chi connectivity index (χ4n) is 1.63. The fourth-order valence-corrected chi connectivity index (χ4v) is 2.38. The predicted molar refractivity (Wildman–Crippen MR) is 71.1 cm³/mol. The standard InChI is InChI=1S/C11H9Cl3N2/c1-5-3-8(15-2)9-10(14)6(12)4-7(13)11(9)16-5/h3-4H,1-2H3,(H,15,16). The van der Waals surface area contributed by atoms with Gasteiger partial charge < -0.3 is 5.32 Å². The number of fused-ring (bicyclic) bond motifs is 1. The number of nitrogens with zero attached hydrogens (tertiary/aromatic N) is 1. The number of pyridine rings is 1. The van der Waals surface area contributed by atoms with Crippen molar-refractivity contribution in [3.63, 3.8) is 0 Å². The molecular weight excluding hydrogens is 266 g/mol. The highest BCUT2D eigenvalue weighted by molar-refractivity contribution is 6.48. The highest BCUT2D eigenvalue weighted by atomic mass is 35.5. The Hall–Kier alpha value is -0.700. The van der Waals surface area contributed by atoms with E-state index >= 15 is 0 Å². The lowest BCUT2D eigenvalue weighted by molar-refractivity contribution is 1.25. The summed E-state index contributed by atoms with van der Waals surface area (Å²) >= 11 is 18.3. The molecule has 0 saturated heterocycles. The van der Waals surface area contributed by atoms with Crippen LogP contribution in [0.1, 0.15) is 5.69 Å². The van der Waals surface area contributed by atoms with E-state index in [1.54, 1.807) is 6.07 Å². The molecule has 0 aliphatic rings. The molecule has 0 unspecified atom stereocenters. The number of halogens is 3. The molecule has 0 amide bonds. The van der Waals surface area contributed by atoms with Crippen LogP contribution in [-0.4, -0.2) is 12.0 Å². The van der Waals surface area contributed by atoms with Crippen LogP contribution >= 0.6 is 34.8 Å². The first kappa shape index (κ1) is 11.8. The summed E-state index contributed by atoms with van der Waals surface area (Å²) < 4.78 is 0. The van der Waals surface area contributed by atoms with Crippen molar-refractivity contribution in [3.05, 3.63) is 32.9 Å². The molecule has 2 aromatic rings. The lowest BCUT2D eigenvalue weighted by Gasteiger charge is -2.11. The maximum Gasteiger partial charge on any atom is 0.0928 e. The largest absolute Gasteiger partial charge is 0.387 e. The average molecular weight is 276 g/mol. The molecule has 0 fully saturated rings. The fraction of sp³-hybridized carbons (Fsp3) is 0.182. The molecule has 0 saturated carbocycles. The minimum absolute atomic E-state index is 0.432. The van der Waals surface area contributed by atoms with Gasteiger partial charge in [-0.2, -0.15) is 0 Å². The molecule has 0 aliphatic carbocycles. The van der Waals surface area contributed by atoms with Gasteiger partial charge in [-0.15, -0.1) is 0 Å². The van der Waals surface area contributed by atoms with Gasteiger partial charge in [-0.3, -0.25) is 4.98 Å². The Labute approximate surface area is 109 Å². The second-order valence-electron chi connectivity index (χ2n) is 3.44. The van der Waals surface area contributed by atoms with Gasteiger partial charge in [0.15, 0.2) is 0 Å². The van der Waals surface area contributed by atoms with Gasteiger partial charge in [-0.25, -0.2) is 0 Å². The van der Waals surface area contributed by atoms with Crippen molar-refractivity contribution in [2.45, 2.75) is 6.92 Å². The molecule has 1 aromatic carbocycles. The van der Waals surface area contributed by atoms with Gasteiger partial charge in [-0.05, 0) is 19.1 Å². The Morgan fingerprint density at radius 1 is 1.12 bits per heavy atom. The normalized spacial score (nSPS) is 10.8. The highest BCUT2D eigenvalue weighted by Gasteiger charge is 2.13. The summed E-state index contributed by atoms with van der Waals surface area (Å²) in [5.74, 6) is 0. The molecule has 0 atom stereocenters. The number of hydrogen-bond acceptors (Lipinski definition) is 2. The first-order chi connectivity index (χ1) is 7.54. The third-order valence-corrected chi connectivity index (χ3v) is 3.40. The molecule has 2 rings (SSSR count). The molecule has 1 N–H and O–H groups in total. The summed E-state index contributed by atoms with van der Waals surface area (Å²) in [7, 11) is 1.82. The van der Waals surface area contributed by atoms with Crippen LogP contribution in [0, 0.1) is 6.92 Å². The van der Waals surface area contributed by atoms with Crippen LogP contribution in [0.2, 0.25) is 15.1 Å². The number of aryl methyl sites for hydroxylation is 1. The Kier molecular flexibility index (Phi) is 3.15. The topological polar surface area (TPSA) is 24.9 Å². The van der Waals surface area contributed by atoms with E-state index in [9.17, 15) is 0 Å². The van der Waals surface area contributed by atoms with E-state index in [1.165, 1.54) is 0 Å². The first-order valence-corrected chi connectivity index (χ1v) is 5.80. The number of benzene rings is 1. The second kappa shape index (κ2) is 4.28. The maximum atomic E-state index is 6.16. The average Bonchev–Trinajstić information content (AvgIpc) is 2.25. The van der Waals surface area contributed by atoms with Crippen LogP contribution in [-0.2, 0) is 0 Å². The summed E-state index contributed by atoms with van der Waals surface area (Å²) in [4.78, 5) is 4.37. The zero-order valence-electron chi connectivity index (χ0n) is 8.74. The van der Waals surface area contributed by atoms with Gasteiger partial charge >= 0.3 is 0 Å². The smallest absolute Gasteiger partial charge is 0.0928 e. The van der Waals surface area contributed by atoms with Crippen molar-refractivity contribution in [2.24, 2.45) is 0 Å². The Morgan fingerprint density at radius 3 is 2.44 bits per heavy atom. The number of rotatable bonds is 1. The number of aromatic nitrogens is 1. The summed E-state index contributed by atoms with van der Waals surface area (Å²) in [6.07, 6.45) is 0. The molecule has 2 nitrogen and oxygen atoms in total. The minimum atomic E-state index is 0.432. The van der Waals surface area contributed by atoms with E-state index in [0.717, 1.165) is 16.8 Å². The number of anilines is 1. The van der Waals surface area contributed by atoms with E-state index in [0.29, 0.717) is 20.6 Å². The summed E-state index contributed by atoms with van der Waals surface area (Å²) in [6, 6.07) is 3.51. The first-order valence-electron chi connectivity index (χ1n) is 4.67. The van der Waals surface area contributed by atoms with Crippen LogP contribution in [0.15, 0.2) is 12.1 Å². The van der Waals surface area contributed by atoms with Crippen molar-refractivity contribution < 1.29 is 0 Å². The van der Waals surface area contributed by atoms with Crippen LogP contribution in [0.5, 0.6) is 0 Å². The van der Waals surface area contributed by atoms with Gasteiger partial charge in [-0.1, -0.05) is 34.8 Å². The Morgan fingerprint density at radius 2 is 1.81 bits per heavy atom. The van der Waals surface area contributed by atoms with Crippen LogP contribution in [0.25, 0.3) is 10.9 Å². The SMILES string of the molecule is CNc1cc(C)nc2c(Cl)cc(Cl)c(Cl)c12. The number of nitrogens with one attached hydrogen (secondary N) is 1. The van der Waals surface area contributed by atoms with E-state index in [-0.39, 0.29) is 0 Å². The third kappa shape index (κ3) is 1.81. The summed E-state index contributed by atoms with van der Waals surface area (Å²) in [6.45, 7) is 1.90. The van der Waals surface area contributed by atoms with E-state index in [2.05, 4.69) is 10.3 Å². The summed E-state index contributed by atoms with van der Waals surface area (Å²) in [5.41, 5.74) is 2.41. The lowest BCUT2D eigenvalue weighted by Crippen LogP contribution is -1.95. The third-order valence-electron chi connectivity index (χ3n) is 2.33. The van der Waals surface area contributed by atoms with Gasteiger partial charge in [0.25, 0.3) is 0 Å². The monoisotopic (exact) mass is 274 g/mol. The van der Waals surface area contributed by atoms with Crippen LogP contribution < -0.4 is 5.32 Å². The van der Waals surface area contributed by atoms with Crippen molar-refractivity contribution >= 4 is 51.4 Å². The van der Waals surface area contributed by atoms with Crippen LogP contribution in [0.4, 0.5) is 5.69 Å². The zero-order chi connectivity index (χ0) is 11.9. The van der Waals surface area contributed by atoms with Crippen molar-refractivity contribution in [2.75, 3.05) is 12.4 Å². The van der Waals surface area contributed by atoms with Crippen molar-refractivity contribution in [3.8, 4) is 0 Å². The predicted octanol–water partition coefficient (Wildman–Crippen LogP) is 4.55. The van der Waals surface area contributed by atoms with E-state index < -0.39 is 0 Å². The highest BCUT2D eigenvalue weighted by Crippen LogP contribution is 2.38. The molecular formula is C11H9Cl3N2. The molecule has 0 bridgehead atoms. The minimum Gasteiger partial charge on any atom is -0.387 e.